The minimum atomic E-state index is -0.820. The fraction of sp³-hybridized carbons (Fsp3) is 1.00. The molecule has 0 unspecified atom stereocenters. The van der Waals surface area contributed by atoms with Crippen LogP contribution in [0.25, 0.3) is 0 Å². The zero-order chi connectivity index (χ0) is 17.2. The van der Waals surface area contributed by atoms with E-state index in [0.717, 1.165) is 0 Å². The second-order valence-corrected chi connectivity index (χ2v) is 13.5. The Bertz CT molecular complexity index is 224. The summed E-state index contributed by atoms with van der Waals surface area (Å²) in [6, 6.07) is 0. The van der Waals surface area contributed by atoms with E-state index in [1.807, 2.05) is 0 Å². The number of rotatable bonds is 18. The molecule has 0 fully saturated rings. The molecule has 0 aromatic rings. The Morgan fingerprint density at radius 3 is 1.00 bits per heavy atom. The summed E-state index contributed by atoms with van der Waals surface area (Å²) >= 11 is 0. The SMILES string of the molecule is Br.CCCCCCCCCCCCCCCC[PH](CC)(CC)CC.N. The van der Waals surface area contributed by atoms with E-state index in [1.165, 1.54) is 108 Å². The molecule has 0 aliphatic carbocycles. The van der Waals surface area contributed by atoms with Crippen LogP contribution in [-0.4, -0.2) is 24.6 Å². The van der Waals surface area contributed by atoms with E-state index >= 15 is 0 Å². The summed E-state index contributed by atoms with van der Waals surface area (Å²) in [5, 5.41) is 0. The van der Waals surface area contributed by atoms with Crippen molar-refractivity contribution in [3.05, 3.63) is 0 Å². The molecule has 0 radical (unpaired) electrons. The van der Waals surface area contributed by atoms with Crippen LogP contribution >= 0.6 is 24.2 Å². The van der Waals surface area contributed by atoms with Gasteiger partial charge in [-0.2, -0.15) is 0 Å². The summed E-state index contributed by atoms with van der Waals surface area (Å²) < 4.78 is 0. The van der Waals surface area contributed by atoms with Gasteiger partial charge in [-0.05, 0) is 0 Å². The van der Waals surface area contributed by atoms with Crippen LogP contribution in [0.5, 0.6) is 0 Å². The van der Waals surface area contributed by atoms with Crippen LogP contribution in [0.15, 0.2) is 0 Å². The number of halogens is 1. The molecule has 3 N–H and O–H groups in total. The first-order chi connectivity index (χ1) is 11.2. The van der Waals surface area contributed by atoms with E-state index in [4.69, 9.17) is 0 Å². The summed E-state index contributed by atoms with van der Waals surface area (Å²) in [4.78, 5) is 0. The third-order valence-corrected chi connectivity index (χ3v) is 12.2. The van der Waals surface area contributed by atoms with Gasteiger partial charge in [0, 0.05) is 0 Å². The van der Waals surface area contributed by atoms with E-state index in [-0.39, 0.29) is 23.1 Å². The van der Waals surface area contributed by atoms with Gasteiger partial charge in [-0.15, -0.1) is 17.0 Å². The summed E-state index contributed by atoms with van der Waals surface area (Å²) in [6.07, 6.45) is 26.9. The quantitative estimate of drug-likeness (QED) is 0.167. The number of hydrogen-bond acceptors (Lipinski definition) is 1. The molecule has 0 aromatic carbocycles. The minimum Gasteiger partial charge on any atom is -0.344 e. The van der Waals surface area contributed by atoms with Gasteiger partial charge in [0.1, 0.15) is 0 Å². The van der Waals surface area contributed by atoms with Gasteiger partial charge >= 0.3 is 123 Å². The zero-order valence-corrected chi connectivity index (χ0v) is 21.1. The molecule has 0 bridgehead atoms. The van der Waals surface area contributed by atoms with Gasteiger partial charge in [-0.25, -0.2) is 0 Å². The molecule has 0 aliphatic heterocycles. The van der Waals surface area contributed by atoms with Crippen molar-refractivity contribution in [3.8, 4) is 0 Å². The Morgan fingerprint density at radius 1 is 0.440 bits per heavy atom. The average Bonchev–Trinajstić information content (AvgIpc) is 2.59. The second-order valence-electron chi connectivity index (χ2n) is 7.91. The molecular formula is C22H53BrNP. The maximum Gasteiger partial charge on any atom is -0.344 e. The van der Waals surface area contributed by atoms with Crippen molar-refractivity contribution in [2.24, 2.45) is 0 Å². The van der Waals surface area contributed by atoms with E-state index in [2.05, 4.69) is 27.7 Å². The summed E-state index contributed by atoms with van der Waals surface area (Å²) in [5.74, 6) is 0. The third-order valence-electron chi connectivity index (χ3n) is 6.31. The molecule has 25 heavy (non-hydrogen) atoms. The minimum absolute atomic E-state index is 0. The molecular weight excluding hydrogens is 389 g/mol. The molecule has 0 amide bonds. The van der Waals surface area contributed by atoms with Crippen LogP contribution in [0.3, 0.4) is 0 Å². The number of hydrogen-bond donors (Lipinski definition) is 1. The molecule has 0 rings (SSSR count). The zero-order valence-electron chi connectivity index (χ0n) is 18.3. The van der Waals surface area contributed by atoms with E-state index in [1.54, 1.807) is 6.16 Å². The fourth-order valence-electron chi connectivity index (χ4n) is 3.97. The standard InChI is InChI=1S/C22H49P.BrH.H3N/c1-5-9-10-11-12-13-14-15-16-17-18-19-20-21-22-23(6-2,7-3)8-4;;/h23H,5-22H2,1-4H3;1H;1H3. The van der Waals surface area contributed by atoms with Crippen molar-refractivity contribution >= 4 is 24.2 Å². The first-order valence-electron chi connectivity index (χ1n) is 11.2. The monoisotopic (exact) mass is 441 g/mol. The molecule has 0 heterocycles. The molecule has 1 nitrogen and oxygen atoms in total. The molecule has 158 valence electrons. The van der Waals surface area contributed by atoms with Gasteiger partial charge in [0.25, 0.3) is 0 Å². The normalized spacial score (nSPS) is 11.7. The molecule has 0 spiro atoms. The molecule has 0 aliphatic rings. The Balaban J connectivity index is -0.00000242. The van der Waals surface area contributed by atoms with Crippen molar-refractivity contribution in [2.75, 3.05) is 24.6 Å². The second kappa shape index (κ2) is 22.9. The third kappa shape index (κ3) is 18.0. The van der Waals surface area contributed by atoms with Crippen LogP contribution in [0, 0.1) is 0 Å². The smallest absolute Gasteiger partial charge is 0.344 e. The molecule has 0 saturated carbocycles. The molecule has 3 heteroatoms. The summed E-state index contributed by atoms with van der Waals surface area (Å²) in [7, 11) is -0.820. The van der Waals surface area contributed by atoms with Crippen LogP contribution in [-0.2, 0) is 0 Å². The van der Waals surface area contributed by atoms with Gasteiger partial charge in [-0.3, -0.25) is 0 Å². The molecule has 0 aromatic heterocycles. The van der Waals surface area contributed by atoms with E-state index < -0.39 is 7.26 Å². The van der Waals surface area contributed by atoms with Gasteiger partial charge in [0.15, 0.2) is 0 Å². The van der Waals surface area contributed by atoms with Crippen molar-refractivity contribution in [3.63, 3.8) is 0 Å². The van der Waals surface area contributed by atoms with E-state index in [9.17, 15) is 0 Å². The van der Waals surface area contributed by atoms with E-state index in [0.29, 0.717) is 0 Å². The van der Waals surface area contributed by atoms with Crippen molar-refractivity contribution in [1.82, 2.24) is 6.15 Å². The largest absolute Gasteiger partial charge is 0.344 e. The predicted octanol–water partition coefficient (Wildman–Crippen LogP) is 9.02. The van der Waals surface area contributed by atoms with Crippen LogP contribution in [0.1, 0.15) is 118 Å². The first-order valence-corrected chi connectivity index (χ1v) is 14.1. The first kappa shape index (κ1) is 30.6. The molecule has 0 saturated heterocycles. The van der Waals surface area contributed by atoms with Crippen molar-refractivity contribution < 1.29 is 0 Å². The predicted molar refractivity (Wildman–Crippen MR) is 130 cm³/mol. The van der Waals surface area contributed by atoms with Crippen LogP contribution in [0.2, 0.25) is 0 Å². The maximum absolute atomic E-state index is 2.45. The van der Waals surface area contributed by atoms with Crippen LogP contribution in [0.4, 0.5) is 0 Å². The Morgan fingerprint density at radius 2 is 0.720 bits per heavy atom. The van der Waals surface area contributed by atoms with Crippen molar-refractivity contribution in [2.45, 2.75) is 118 Å². The Kier molecular flexibility index (Phi) is 28.0. The van der Waals surface area contributed by atoms with Crippen molar-refractivity contribution in [1.29, 1.82) is 0 Å². The fourth-order valence-corrected chi connectivity index (χ4v) is 7.54. The Hall–Kier alpha value is 0.870. The van der Waals surface area contributed by atoms with Gasteiger partial charge in [0.05, 0.1) is 0 Å². The number of unbranched alkanes of at least 4 members (excludes halogenated alkanes) is 13. The van der Waals surface area contributed by atoms with Crippen LogP contribution < -0.4 is 6.15 Å². The Labute approximate surface area is 172 Å². The summed E-state index contributed by atoms with van der Waals surface area (Å²) in [5.41, 5.74) is 0. The van der Waals surface area contributed by atoms with Gasteiger partial charge < -0.3 is 6.15 Å². The average molecular weight is 443 g/mol. The van der Waals surface area contributed by atoms with Gasteiger partial charge in [0.2, 0.25) is 0 Å². The topological polar surface area (TPSA) is 35.0 Å². The maximum atomic E-state index is 2.45. The molecule has 0 atom stereocenters. The van der Waals surface area contributed by atoms with Gasteiger partial charge in [-0.1, -0.05) is 26.2 Å². The summed E-state index contributed by atoms with van der Waals surface area (Å²) in [6.45, 7) is 9.64.